The van der Waals surface area contributed by atoms with Crippen molar-refractivity contribution in [2.45, 2.75) is 0 Å². The van der Waals surface area contributed by atoms with E-state index in [2.05, 4.69) is 15.0 Å². The molecule has 23 heavy (non-hydrogen) atoms. The molecule has 5 N–H and O–H groups in total. The number of nitrogens with zero attached hydrogens (tertiary/aromatic N) is 4. The van der Waals surface area contributed by atoms with Crippen LogP contribution in [0.5, 0.6) is 0 Å². The molecule has 0 aliphatic rings. The molecule has 9 nitrogen and oxygen atoms in total. The number of carboxylic acid groups (broad SMARTS) is 1. The van der Waals surface area contributed by atoms with Crippen molar-refractivity contribution in [1.82, 2.24) is 15.0 Å². The van der Waals surface area contributed by atoms with Crippen LogP contribution in [0.25, 0.3) is 22.7 Å². The first-order valence-electron chi connectivity index (χ1n) is 5.99. The number of anilines is 2. The zero-order valence-corrected chi connectivity index (χ0v) is 12.3. The summed E-state index contributed by atoms with van der Waals surface area (Å²) in [5, 5.41) is 17.9. The molecule has 0 spiro atoms. The van der Waals surface area contributed by atoms with Gasteiger partial charge in [-0.1, -0.05) is 0 Å². The molecule has 116 valence electrons. The van der Waals surface area contributed by atoms with Crippen LogP contribution < -0.4 is 11.5 Å². The first kappa shape index (κ1) is 15.9. The third-order valence-electron chi connectivity index (χ3n) is 2.64. The van der Waals surface area contributed by atoms with E-state index < -0.39 is 0 Å². The summed E-state index contributed by atoms with van der Waals surface area (Å²) in [5.41, 5.74) is 15.0. The van der Waals surface area contributed by atoms with Gasteiger partial charge in [-0.05, 0) is 6.07 Å². The maximum atomic E-state index is 9.21. The summed E-state index contributed by atoms with van der Waals surface area (Å²) in [5.74, 6) is 0.498. The van der Waals surface area contributed by atoms with Crippen molar-refractivity contribution < 1.29 is 14.3 Å². The molecule has 3 aromatic heterocycles. The largest absolute Gasteiger partial charge is 0.483 e. The lowest BCUT2D eigenvalue weighted by Gasteiger charge is -2.06. The molecule has 3 rings (SSSR count). The van der Waals surface area contributed by atoms with Crippen molar-refractivity contribution in [3.63, 3.8) is 0 Å². The topological polar surface area (TPSA) is 165 Å². The van der Waals surface area contributed by atoms with Gasteiger partial charge in [-0.2, -0.15) is 5.26 Å². The van der Waals surface area contributed by atoms with Crippen LogP contribution in [0, 0.1) is 11.3 Å². The Kier molecular flexibility index (Phi) is 4.85. The number of hydrogen-bond donors (Lipinski definition) is 3. The summed E-state index contributed by atoms with van der Waals surface area (Å²) in [6.07, 6.45) is 1.45. The summed E-state index contributed by atoms with van der Waals surface area (Å²) in [4.78, 5) is 20.5. The molecule has 0 fully saturated rings. The lowest BCUT2D eigenvalue weighted by atomic mass is 10.1. The summed E-state index contributed by atoms with van der Waals surface area (Å²) < 4.78 is 5.22. The fraction of sp³-hybridized carbons (Fsp3) is 0. The van der Waals surface area contributed by atoms with Gasteiger partial charge in [0.15, 0.2) is 5.76 Å². The third kappa shape index (κ3) is 3.42. The predicted octanol–water partition coefficient (Wildman–Crippen LogP) is 1.60. The van der Waals surface area contributed by atoms with Gasteiger partial charge in [-0.15, -0.1) is 11.3 Å². The smallest absolute Gasteiger partial charge is 0.292 e. The summed E-state index contributed by atoms with van der Waals surface area (Å²) in [6.45, 7) is -0.250. The summed E-state index contributed by atoms with van der Waals surface area (Å²) >= 11 is 1.43. The standard InChI is InChI=1S/C12H8N6OS.CH2O2/c13-2-7-6(9-4-20-5-17-9)1-8(18-11(7)14)10-3-16-12(15)19-10;2-1-3/h1,3-5H,(H2,14,18)(H2,15,16);1H,(H,2,3). The average molecular weight is 330 g/mol. The van der Waals surface area contributed by atoms with Crippen molar-refractivity contribution in [3.05, 3.63) is 28.7 Å². The van der Waals surface area contributed by atoms with Crippen LogP contribution in [-0.4, -0.2) is 26.5 Å². The Morgan fingerprint density at radius 3 is 2.61 bits per heavy atom. The number of pyridine rings is 1. The second-order valence-electron chi connectivity index (χ2n) is 3.97. The normalized spacial score (nSPS) is 9.52. The minimum Gasteiger partial charge on any atom is -0.483 e. The van der Waals surface area contributed by atoms with Crippen molar-refractivity contribution >= 4 is 29.6 Å². The van der Waals surface area contributed by atoms with E-state index in [9.17, 15) is 5.26 Å². The Bertz CT molecular complexity index is 853. The monoisotopic (exact) mass is 330 g/mol. The number of aromatic nitrogens is 3. The van der Waals surface area contributed by atoms with E-state index in [4.69, 9.17) is 25.8 Å². The minimum atomic E-state index is -0.250. The quantitative estimate of drug-likeness (QED) is 0.591. The fourth-order valence-electron chi connectivity index (χ4n) is 1.76. The number of nitrogen functional groups attached to an aromatic ring is 2. The van der Waals surface area contributed by atoms with Gasteiger partial charge < -0.3 is 21.0 Å². The molecule has 0 bridgehead atoms. The van der Waals surface area contributed by atoms with Crippen LogP contribution in [0.2, 0.25) is 0 Å². The van der Waals surface area contributed by atoms with Gasteiger partial charge in [0.2, 0.25) is 0 Å². The van der Waals surface area contributed by atoms with Gasteiger partial charge >= 0.3 is 0 Å². The lowest BCUT2D eigenvalue weighted by Crippen LogP contribution is -1.99. The molecule has 0 amide bonds. The van der Waals surface area contributed by atoms with Gasteiger partial charge in [0.25, 0.3) is 12.5 Å². The Morgan fingerprint density at radius 1 is 1.35 bits per heavy atom. The molecule has 0 aromatic carbocycles. The predicted molar refractivity (Wildman–Crippen MR) is 83.1 cm³/mol. The molecule has 0 saturated heterocycles. The fourth-order valence-corrected chi connectivity index (χ4v) is 2.31. The van der Waals surface area contributed by atoms with Crippen molar-refractivity contribution in [2.24, 2.45) is 0 Å². The van der Waals surface area contributed by atoms with Gasteiger partial charge in [0.05, 0.1) is 17.4 Å². The molecule has 3 heterocycles. The number of hydrogen-bond acceptors (Lipinski definition) is 9. The van der Waals surface area contributed by atoms with Crippen molar-refractivity contribution in [1.29, 1.82) is 5.26 Å². The second kappa shape index (κ2) is 7.01. The highest BCUT2D eigenvalue weighted by atomic mass is 32.1. The van der Waals surface area contributed by atoms with E-state index in [1.807, 2.05) is 11.4 Å². The highest BCUT2D eigenvalue weighted by Gasteiger charge is 2.16. The summed E-state index contributed by atoms with van der Waals surface area (Å²) in [7, 11) is 0. The van der Waals surface area contributed by atoms with E-state index in [0.29, 0.717) is 22.7 Å². The third-order valence-corrected chi connectivity index (χ3v) is 3.23. The SMILES string of the molecule is N#Cc1c(-c2cscn2)cc(-c2cnc(N)o2)nc1N.O=CO. The lowest BCUT2D eigenvalue weighted by molar-refractivity contribution is -0.122. The Morgan fingerprint density at radius 2 is 2.09 bits per heavy atom. The molecule has 0 aliphatic carbocycles. The molecule has 0 saturated carbocycles. The number of oxazole rings is 1. The van der Waals surface area contributed by atoms with E-state index in [0.717, 1.165) is 0 Å². The van der Waals surface area contributed by atoms with Gasteiger partial charge in [0.1, 0.15) is 23.1 Å². The van der Waals surface area contributed by atoms with Gasteiger partial charge in [-0.3, -0.25) is 4.79 Å². The van der Waals surface area contributed by atoms with Crippen LogP contribution in [0.1, 0.15) is 5.56 Å². The van der Waals surface area contributed by atoms with E-state index in [-0.39, 0.29) is 23.9 Å². The second-order valence-corrected chi connectivity index (χ2v) is 4.69. The molecule has 0 atom stereocenters. The first-order chi connectivity index (χ1) is 11.1. The zero-order chi connectivity index (χ0) is 16.8. The number of thiazole rings is 1. The van der Waals surface area contributed by atoms with Crippen LogP contribution in [-0.2, 0) is 4.79 Å². The maximum absolute atomic E-state index is 9.21. The number of rotatable bonds is 2. The minimum absolute atomic E-state index is 0.0416. The first-order valence-corrected chi connectivity index (χ1v) is 6.93. The molecule has 0 radical (unpaired) electrons. The highest BCUT2D eigenvalue weighted by Crippen LogP contribution is 2.31. The van der Waals surface area contributed by atoms with E-state index >= 15 is 0 Å². The van der Waals surface area contributed by atoms with Gasteiger partial charge in [0, 0.05) is 10.9 Å². The van der Waals surface area contributed by atoms with Crippen molar-refractivity contribution in [3.8, 4) is 28.8 Å². The molecule has 10 heteroatoms. The number of nitrogens with two attached hydrogens (primary N) is 2. The van der Waals surface area contributed by atoms with Crippen LogP contribution >= 0.6 is 11.3 Å². The molecular formula is C13H10N6O3S. The maximum Gasteiger partial charge on any atom is 0.292 e. The van der Waals surface area contributed by atoms with Crippen molar-refractivity contribution in [2.75, 3.05) is 11.5 Å². The molecule has 0 unspecified atom stereocenters. The number of carbonyl (C=O) groups is 1. The highest BCUT2D eigenvalue weighted by molar-refractivity contribution is 7.07. The Hall–Kier alpha value is -3.45. The van der Waals surface area contributed by atoms with Gasteiger partial charge in [-0.25, -0.2) is 15.0 Å². The van der Waals surface area contributed by atoms with E-state index in [1.165, 1.54) is 17.5 Å². The molecule has 3 aromatic rings. The average Bonchev–Trinajstić information content (AvgIpc) is 3.18. The zero-order valence-electron chi connectivity index (χ0n) is 11.5. The Labute approximate surface area is 133 Å². The van der Waals surface area contributed by atoms with Crippen LogP contribution in [0.4, 0.5) is 11.8 Å². The van der Waals surface area contributed by atoms with Crippen LogP contribution in [0.15, 0.2) is 27.6 Å². The Balaban J connectivity index is 0.000000595. The summed E-state index contributed by atoms with van der Waals surface area (Å²) in [6, 6.07) is 3.77. The van der Waals surface area contributed by atoms with Crippen LogP contribution in [0.3, 0.4) is 0 Å². The molecular weight excluding hydrogens is 320 g/mol. The molecule has 0 aliphatic heterocycles. The number of nitriles is 1. The van der Waals surface area contributed by atoms with E-state index in [1.54, 1.807) is 11.6 Å².